The number of nitrogens with zero attached hydrogens (tertiary/aromatic N) is 7. The highest BCUT2D eigenvalue weighted by Crippen LogP contribution is 2.38. The third kappa shape index (κ3) is 8.83. The highest BCUT2D eigenvalue weighted by molar-refractivity contribution is 5.78. The SMILES string of the molecule is CCCOc1ccc(-c2ncc(C(C(=O)OCCC[N+](C)(C)C)n3cc4nc(-c5cccc(F)c5F)nc-4cn3)cn2)c(C(F)(F)F)c1.[Cl-]. The van der Waals surface area contributed by atoms with Gasteiger partial charge in [-0.1, -0.05) is 13.0 Å². The standard InChI is InChI=1S/C33H33F5N7O3.ClH/c1-5-13-47-21-10-11-22(24(15-21)33(36,37)38)30-39-16-20(17-40-30)29(32(46)48-14-7-12-45(2,3)4)44-19-27-26(18-41-44)42-31(43-27)23-8-6-9-25(34)28(23)35;/h6,8-11,15-19,29H,5,7,12-14H2,1-4H3;1H/q+1;/p-1. The van der Waals surface area contributed by atoms with Crippen molar-refractivity contribution in [1.82, 2.24) is 29.7 Å². The van der Waals surface area contributed by atoms with E-state index in [-0.39, 0.29) is 71.1 Å². The number of alkyl halides is 3. The Morgan fingerprint density at radius 3 is 2.33 bits per heavy atom. The minimum atomic E-state index is -4.72. The molecule has 2 aliphatic rings. The Labute approximate surface area is 285 Å². The Morgan fingerprint density at radius 2 is 1.65 bits per heavy atom. The second kappa shape index (κ2) is 15.2. The molecule has 16 heteroatoms. The monoisotopic (exact) mass is 705 g/mol. The third-order valence-electron chi connectivity index (χ3n) is 7.18. The fourth-order valence-corrected chi connectivity index (χ4v) is 4.84. The zero-order chi connectivity index (χ0) is 34.6. The molecule has 2 aliphatic heterocycles. The van der Waals surface area contributed by atoms with E-state index in [1.807, 2.05) is 28.1 Å². The summed E-state index contributed by atoms with van der Waals surface area (Å²) in [4.78, 5) is 30.5. The van der Waals surface area contributed by atoms with Crippen LogP contribution in [0.2, 0.25) is 0 Å². The Hall–Kier alpha value is -4.76. The second-order valence-corrected chi connectivity index (χ2v) is 12.0. The lowest BCUT2D eigenvalue weighted by Crippen LogP contribution is -3.00. The van der Waals surface area contributed by atoms with Gasteiger partial charge in [-0.05, 0) is 36.8 Å². The normalized spacial score (nSPS) is 12.4. The van der Waals surface area contributed by atoms with E-state index in [1.54, 1.807) is 0 Å². The van der Waals surface area contributed by atoms with Crippen LogP contribution in [0.15, 0.2) is 61.2 Å². The van der Waals surface area contributed by atoms with Gasteiger partial charge in [-0.15, -0.1) is 0 Å². The quantitative estimate of drug-likeness (QED) is 0.0844. The number of rotatable bonds is 12. The van der Waals surface area contributed by atoms with E-state index >= 15 is 0 Å². The molecule has 49 heavy (non-hydrogen) atoms. The molecule has 0 radical (unpaired) electrons. The third-order valence-corrected chi connectivity index (χ3v) is 7.18. The van der Waals surface area contributed by atoms with Crippen molar-refractivity contribution in [3.8, 4) is 39.9 Å². The molecule has 0 aliphatic carbocycles. The van der Waals surface area contributed by atoms with Crippen molar-refractivity contribution in [2.75, 3.05) is 40.9 Å². The predicted molar refractivity (Wildman–Crippen MR) is 165 cm³/mol. The summed E-state index contributed by atoms with van der Waals surface area (Å²) in [5, 5.41) is 4.30. The molecule has 0 amide bonds. The van der Waals surface area contributed by atoms with Crippen LogP contribution in [0, 0.1) is 11.6 Å². The fraction of sp³-hybridized carbons (Fsp3) is 0.333. The zero-order valence-electron chi connectivity index (χ0n) is 27.0. The largest absolute Gasteiger partial charge is 1.00 e. The molecule has 3 heterocycles. The van der Waals surface area contributed by atoms with Crippen molar-refractivity contribution in [2.24, 2.45) is 0 Å². The molecule has 0 fully saturated rings. The summed E-state index contributed by atoms with van der Waals surface area (Å²) >= 11 is 0. The van der Waals surface area contributed by atoms with Crippen molar-refractivity contribution in [3.05, 3.63) is 83.9 Å². The van der Waals surface area contributed by atoms with Gasteiger partial charge >= 0.3 is 12.1 Å². The Morgan fingerprint density at radius 1 is 0.939 bits per heavy atom. The zero-order valence-corrected chi connectivity index (χ0v) is 27.8. The van der Waals surface area contributed by atoms with E-state index in [1.165, 1.54) is 53.7 Å². The highest BCUT2D eigenvalue weighted by Gasteiger charge is 2.35. The van der Waals surface area contributed by atoms with Crippen molar-refractivity contribution in [1.29, 1.82) is 0 Å². The number of carbonyl (C=O) groups is 1. The molecule has 0 bridgehead atoms. The number of hydrogen-bond acceptors (Lipinski definition) is 8. The maximum absolute atomic E-state index is 14.5. The number of carbonyl (C=O) groups excluding carboxylic acids is 1. The van der Waals surface area contributed by atoms with Crippen LogP contribution in [0.3, 0.4) is 0 Å². The smallest absolute Gasteiger partial charge is 0.417 e. The molecule has 1 atom stereocenters. The number of benzene rings is 2. The van der Waals surface area contributed by atoms with Gasteiger partial charge in [0.25, 0.3) is 0 Å². The molecule has 0 spiro atoms. The van der Waals surface area contributed by atoms with Crippen LogP contribution in [0.4, 0.5) is 22.0 Å². The number of aromatic nitrogens is 6. The summed E-state index contributed by atoms with van der Waals surface area (Å²) in [7, 11) is 6.00. The molecule has 0 N–H and O–H groups in total. The fourth-order valence-electron chi connectivity index (χ4n) is 4.84. The maximum atomic E-state index is 14.5. The summed E-state index contributed by atoms with van der Waals surface area (Å²) < 4.78 is 83.3. The molecule has 5 rings (SSSR count). The van der Waals surface area contributed by atoms with Gasteiger partial charge in [0, 0.05) is 29.9 Å². The summed E-state index contributed by atoms with van der Waals surface area (Å²) in [5.41, 5.74) is -0.771. The molecule has 0 saturated heterocycles. The molecular weight excluding hydrogens is 673 g/mol. The first kappa shape index (κ1) is 37.1. The number of ether oxygens (including phenoxy) is 2. The van der Waals surface area contributed by atoms with Crippen LogP contribution in [0.1, 0.15) is 36.9 Å². The van der Waals surface area contributed by atoms with Crippen LogP contribution in [0.25, 0.3) is 34.2 Å². The molecule has 10 nitrogen and oxygen atoms in total. The molecular formula is C33H33ClF5N7O3. The van der Waals surface area contributed by atoms with Crippen molar-refractivity contribution in [3.63, 3.8) is 0 Å². The summed E-state index contributed by atoms with van der Waals surface area (Å²) in [6.45, 7) is 2.91. The van der Waals surface area contributed by atoms with Gasteiger partial charge in [0.15, 0.2) is 29.3 Å². The summed E-state index contributed by atoms with van der Waals surface area (Å²) in [5.74, 6) is -3.14. The average molecular weight is 706 g/mol. The van der Waals surface area contributed by atoms with E-state index in [9.17, 15) is 26.7 Å². The number of hydrogen-bond donors (Lipinski definition) is 0. The van der Waals surface area contributed by atoms with E-state index < -0.39 is 35.4 Å². The molecule has 1 unspecified atom stereocenters. The lowest BCUT2D eigenvalue weighted by atomic mass is 10.1. The van der Waals surface area contributed by atoms with Crippen molar-refractivity contribution >= 4 is 5.97 Å². The topological polar surface area (TPSA) is 105 Å². The number of halogens is 6. The average Bonchev–Trinajstić information content (AvgIpc) is 3.46. The molecule has 2 aromatic carbocycles. The minimum absolute atomic E-state index is 0. The van der Waals surface area contributed by atoms with Crippen molar-refractivity contribution < 1.29 is 53.1 Å². The van der Waals surface area contributed by atoms with Crippen LogP contribution < -0.4 is 17.1 Å². The first-order valence-corrected chi connectivity index (χ1v) is 15.0. The molecule has 3 aromatic rings. The number of esters is 1. The second-order valence-electron chi connectivity index (χ2n) is 12.0. The predicted octanol–water partition coefficient (Wildman–Crippen LogP) is 3.22. The van der Waals surface area contributed by atoms with Gasteiger partial charge in [0.1, 0.15) is 17.1 Å². The first-order valence-electron chi connectivity index (χ1n) is 15.0. The Bertz CT molecular complexity index is 1860. The Kier molecular flexibility index (Phi) is 11.5. The Balaban J connectivity index is 0.00000541. The number of quaternary nitrogens is 1. The molecule has 1 aromatic heterocycles. The first-order chi connectivity index (χ1) is 22.7. The van der Waals surface area contributed by atoms with Crippen molar-refractivity contribution in [2.45, 2.75) is 32.0 Å². The molecule has 0 saturated carbocycles. The van der Waals surface area contributed by atoms with Gasteiger partial charge in [-0.3, -0.25) is 4.68 Å². The van der Waals surface area contributed by atoms with E-state index in [2.05, 4.69) is 25.0 Å². The number of imidazole rings is 1. The summed E-state index contributed by atoms with van der Waals surface area (Å²) in [6, 6.07) is 5.91. The van der Waals surface area contributed by atoms with Gasteiger partial charge in [-0.25, -0.2) is 33.5 Å². The van der Waals surface area contributed by atoms with Crippen LogP contribution in [0.5, 0.6) is 5.75 Å². The van der Waals surface area contributed by atoms with E-state index in [0.717, 1.165) is 18.7 Å². The van der Waals surface area contributed by atoms with Crippen LogP contribution in [-0.4, -0.2) is 81.1 Å². The maximum Gasteiger partial charge on any atom is 0.417 e. The summed E-state index contributed by atoms with van der Waals surface area (Å²) in [6.07, 6.45) is 1.60. The minimum Gasteiger partial charge on any atom is -1.00 e. The van der Waals surface area contributed by atoms with Crippen LogP contribution >= 0.6 is 0 Å². The van der Waals surface area contributed by atoms with Crippen LogP contribution in [-0.2, 0) is 15.7 Å². The van der Waals surface area contributed by atoms with Gasteiger partial charge in [-0.2, -0.15) is 18.3 Å². The van der Waals surface area contributed by atoms with Gasteiger partial charge < -0.3 is 26.4 Å². The van der Waals surface area contributed by atoms with E-state index in [4.69, 9.17) is 9.47 Å². The highest BCUT2D eigenvalue weighted by atomic mass is 35.5. The molecule has 260 valence electrons. The number of fused-ring (bicyclic) bond motifs is 1. The van der Waals surface area contributed by atoms with E-state index in [0.29, 0.717) is 17.3 Å². The lowest BCUT2D eigenvalue weighted by molar-refractivity contribution is -0.870. The van der Waals surface area contributed by atoms with Gasteiger partial charge in [0.2, 0.25) is 0 Å². The lowest BCUT2D eigenvalue weighted by Gasteiger charge is -2.24. The van der Waals surface area contributed by atoms with Gasteiger partial charge in [0.05, 0.1) is 64.4 Å².